The first kappa shape index (κ1) is 14.7. The van der Waals surface area contributed by atoms with E-state index in [0.29, 0.717) is 24.6 Å². The number of aliphatic hydroxyl groups is 1. The average molecular weight is 278 g/mol. The van der Waals surface area contributed by atoms with Crippen LogP contribution < -0.4 is 5.32 Å². The molecule has 0 atom stereocenters. The minimum atomic E-state index is -0.0204. The summed E-state index contributed by atoms with van der Waals surface area (Å²) in [6.45, 7) is 4.00. The first-order chi connectivity index (χ1) is 9.74. The van der Waals surface area contributed by atoms with Crippen LogP contribution in [0.15, 0.2) is 18.2 Å². The molecule has 6 heteroatoms. The van der Waals surface area contributed by atoms with Gasteiger partial charge >= 0.3 is 0 Å². The number of rotatable bonds is 4. The minimum absolute atomic E-state index is 0.0204. The Kier molecular flexibility index (Phi) is 5.31. The fourth-order valence-electron chi connectivity index (χ4n) is 2.39. The highest BCUT2D eigenvalue weighted by molar-refractivity contribution is 5.92. The number of aromatic nitrogens is 1. The maximum Gasteiger partial charge on any atom is 0.272 e. The number of hydrogen-bond donors (Lipinski definition) is 2. The topological polar surface area (TPSA) is 68.7 Å². The Bertz CT molecular complexity index is 453. The number of nitrogens with zero attached hydrogens (tertiary/aromatic N) is 3. The summed E-state index contributed by atoms with van der Waals surface area (Å²) in [4.78, 5) is 20.8. The number of anilines is 1. The van der Waals surface area contributed by atoms with Crippen molar-refractivity contribution in [2.24, 2.45) is 0 Å². The lowest BCUT2D eigenvalue weighted by molar-refractivity contribution is 0.0755. The first-order valence-corrected chi connectivity index (χ1v) is 7.02. The van der Waals surface area contributed by atoms with E-state index in [4.69, 9.17) is 5.11 Å². The lowest BCUT2D eigenvalue weighted by atomic mass is 10.3. The monoisotopic (exact) mass is 278 g/mol. The van der Waals surface area contributed by atoms with Crippen LogP contribution >= 0.6 is 0 Å². The van der Waals surface area contributed by atoms with Gasteiger partial charge in [0.05, 0.1) is 6.61 Å². The van der Waals surface area contributed by atoms with Crippen molar-refractivity contribution < 1.29 is 9.90 Å². The zero-order chi connectivity index (χ0) is 14.4. The highest BCUT2D eigenvalue weighted by Gasteiger charge is 2.20. The van der Waals surface area contributed by atoms with Crippen LogP contribution in [0.25, 0.3) is 0 Å². The maximum absolute atomic E-state index is 12.5. The molecular weight excluding hydrogens is 256 g/mol. The fraction of sp³-hybridized carbons (Fsp3) is 0.571. The molecule has 0 aromatic carbocycles. The molecule has 110 valence electrons. The predicted molar refractivity (Wildman–Crippen MR) is 77.8 cm³/mol. The van der Waals surface area contributed by atoms with E-state index < -0.39 is 0 Å². The van der Waals surface area contributed by atoms with E-state index in [1.54, 1.807) is 13.1 Å². The molecule has 20 heavy (non-hydrogen) atoms. The summed E-state index contributed by atoms with van der Waals surface area (Å²) >= 11 is 0. The third-order valence-electron chi connectivity index (χ3n) is 3.52. The fourth-order valence-corrected chi connectivity index (χ4v) is 2.39. The van der Waals surface area contributed by atoms with Crippen LogP contribution in [-0.2, 0) is 0 Å². The first-order valence-electron chi connectivity index (χ1n) is 7.02. The Hall–Kier alpha value is -1.66. The molecule has 1 amide bonds. The van der Waals surface area contributed by atoms with Gasteiger partial charge < -0.3 is 15.3 Å². The predicted octanol–water partition coefficient (Wildman–Crippen LogP) is 0.263. The van der Waals surface area contributed by atoms with Gasteiger partial charge in [-0.15, -0.1) is 0 Å². The molecule has 1 aromatic heterocycles. The summed E-state index contributed by atoms with van der Waals surface area (Å²) in [6, 6.07) is 5.42. The molecule has 0 aliphatic carbocycles. The molecule has 6 nitrogen and oxygen atoms in total. The Balaban J connectivity index is 2.01. The van der Waals surface area contributed by atoms with Crippen LogP contribution in [0.5, 0.6) is 0 Å². The number of β-amino-alcohol motifs (C(OH)–C–C–N with tert-alkyl or cyclic N) is 1. The summed E-state index contributed by atoms with van der Waals surface area (Å²) in [7, 11) is 1.79. The van der Waals surface area contributed by atoms with Crippen LogP contribution in [0, 0.1) is 0 Å². The number of aliphatic hydroxyl groups excluding tert-OH is 1. The summed E-state index contributed by atoms with van der Waals surface area (Å²) in [5, 5.41) is 11.9. The SMILES string of the molecule is CNc1cccc(C(=O)N2CCCN(CCO)CC2)n1. The molecule has 1 saturated heterocycles. The van der Waals surface area contributed by atoms with Crippen molar-refractivity contribution in [2.75, 3.05) is 51.7 Å². The van der Waals surface area contributed by atoms with Gasteiger partial charge in [-0.05, 0) is 25.1 Å². The second kappa shape index (κ2) is 7.21. The Morgan fingerprint density at radius 1 is 1.35 bits per heavy atom. The van der Waals surface area contributed by atoms with Crippen molar-refractivity contribution >= 4 is 11.7 Å². The molecule has 0 unspecified atom stereocenters. The van der Waals surface area contributed by atoms with E-state index in [1.807, 2.05) is 17.0 Å². The van der Waals surface area contributed by atoms with E-state index >= 15 is 0 Å². The van der Waals surface area contributed by atoms with E-state index in [0.717, 1.165) is 26.1 Å². The second-order valence-corrected chi connectivity index (χ2v) is 4.87. The van der Waals surface area contributed by atoms with E-state index in [-0.39, 0.29) is 12.5 Å². The largest absolute Gasteiger partial charge is 0.395 e. The van der Waals surface area contributed by atoms with Crippen LogP contribution in [0.1, 0.15) is 16.9 Å². The van der Waals surface area contributed by atoms with Gasteiger partial charge in [-0.3, -0.25) is 9.69 Å². The van der Waals surface area contributed by atoms with Gasteiger partial charge in [-0.25, -0.2) is 4.98 Å². The van der Waals surface area contributed by atoms with Gasteiger partial charge in [-0.1, -0.05) is 6.07 Å². The normalized spacial score (nSPS) is 16.8. The zero-order valence-electron chi connectivity index (χ0n) is 11.9. The Morgan fingerprint density at radius 2 is 2.20 bits per heavy atom. The third kappa shape index (κ3) is 3.68. The number of carbonyl (C=O) groups excluding carboxylic acids is 1. The Labute approximate surface area is 119 Å². The number of pyridine rings is 1. The van der Waals surface area contributed by atoms with Crippen LogP contribution in [0.4, 0.5) is 5.82 Å². The molecular formula is C14H22N4O2. The van der Waals surface area contributed by atoms with E-state index in [2.05, 4.69) is 15.2 Å². The molecule has 0 saturated carbocycles. The van der Waals surface area contributed by atoms with Gasteiger partial charge in [0, 0.05) is 33.2 Å². The highest BCUT2D eigenvalue weighted by atomic mass is 16.3. The van der Waals surface area contributed by atoms with Crippen molar-refractivity contribution in [2.45, 2.75) is 6.42 Å². The highest BCUT2D eigenvalue weighted by Crippen LogP contribution is 2.10. The maximum atomic E-state index is 12.5. The van der Waals surface area contributed by atoms with Crippen LogP contribution in [-0.4, -0.2) is 72.2 Å². The summed E-state index contributed by atoms with van der Waals surface area (Å²) in [5.74, 6) is 0.681. The van der Waals surface area contributed by atoms with E-state index in [1.165, 1.54) is 0 Å². The van der Waals surface area contributed by atoms with E-state index in [9.17, 15) is 4.79 Å². The molecule has 2 heterocycles. The van der Waals surface area contributed by atoms with Crippen molar-refractivity contribution in [1.82, 2.24) is 14.8 Å². The molecule has 1 fully saturated rings. The number of amides is 1. The van der Waals surface area contributed by atoms with Gasteiger partial charge in [-0.2, -0.15) is 0 Å². The minimum Gasteiger partial charge on any atom is -0.395 e. The molecule has 0 spiro atoms. The summed E-state index contributed by atoms with van der Waals surface area (Å²) in [6.07, 6.45) is 0.928. The molecule has 1 aromatic rings. The number of hydrogen-bond acceptors (Lipinski definition) is 5. The standard InChI is InChI=1S/C14H22N4O2/c1-15-13-5-2-4-12(16-13)14(20)18-7-3-6-17(8-9-18)10-11-19/h2,4-5,19H,3,6-11H2,1H3,(H,15,16). The smallest absolute Gasteiger partial charge is 0.272 e. The van der Waals surface area contributed by atoms with Gasteiger partial charge in [0.15, 0.2) is 0 Å². The molecule has 0 radical (unpaired) electrons. The average Bonchev–Trinajstić information content (AvgIpc) is 2.73. The number of nitrogens with one attached hydrogen (secondary N) is 1. The van der Waals surface area contributed by atoms with Crippen molar-refractivity contribution in [1.29, 1.82) is 0 Å². The molecule has 2 N–H and O–H groups in total. The van der Waals surface area contributed by atoms with Gasteiger partial charge in [0.2, 0.25) is 0 Å². The quantitative estimate of drug-likeness (QED) is 0.827. The zero-order valence-corrected chi connectivity index (χ0v) is 11.9. The van der Waals surface area contributed by atoms with Crippen LogP contribution in [0.2, 0.25) is 0 Å². The van der Waals surface area contributed by atoms with Crippen molar-refractivity contribution in [3.63, 3.8) is 0 Å². The number of carbonyl (C=O) groups is 1. The molecule has 2 rings (SSSR count). The van der Waals surface area contributed by atoms with Crippen molar-refractivity contribution in [3.8, 4) is 0 Å². The molecule has 0 bridgehead atoms. The molecule has 1 aliphatic heterocycles. The molecule has 1 aliphatic rings. The third-order valence-corrected chi connectivity index (χ3v) is 3.52. The van der Waals surface area contributed by atoms with Crippen molar-refractivity contribution in [3.05, 3.63) is 23.9 Å². The Morgan fingerprint density at radius 3 is 2.95 bits per heavy atom. The summed E-state index contributed by atoms with van der Waals surface area (Å²) < 4.78 is 0. The lowest BCUT2D eigenvalue weighted by Gasteiger charge is -2.21. The van der Waals surface area contributed by atoms with Gasteiger partial charge in [0.1, 0.15) is 11.5 Å². The van der Waals surface area contributed by atoms with Gasteiger partial charge in [0.25, 0.3) is 5.91 Å². The summed E-state index contributed by atoms with van der Waals surface area (Å²) in [5.41, 5.74) is 0.479. The lowest BCUT2D eigenvalue weighted by Crippen LogP contribution is -2.36. The second-order valence-electron chi connectivity index (χ2n) is 4.87. The van der Waals surface area contributed by atoms with Crippen LogP contribution in [0.3, 0.4) is 0 Å².